The summed E-state index contributed by atoms with van der Waals surface area (Å²) in [6, 6.07) is 11.0. The molecule has 0 saturated carbocycles. The van der Waals surface area contributed by atoms with Gasteiger partial charge in [0.15, 0.2) is 0 Å². The zero-order valence-corrected chi connectivity index (χ0v) is 15.2. The standard InChI is InChI=1S/C21H22N2O4/c1-3-18(24)23-12-10-15(11-13-23)20(25)22-19-16-7-5-4-6-14(16)8-9-17(19)21(26)27-2/h3-9,15H,1,10-13H2,2H3,(H,22,25). The number of methoxy groups -OCH3 is 1. The van der Waals surface area contributed by atoms with Crippen molar-refractivity contribution in [1.82, 2.24) is 4.90 Å². The van der Waals surface area contributed by atoms with Crippen LogP contribution in [0.25, 0.3) is 10.8 Å². The minimum Gasteiger partial charge on any atom is -0.465 e. The SMILES string of the molecule is C=CC(=O)N1CCC(C(=O)Nc2c(C(=O)OC)ccc3ccccc23)CC1. The van der Waals surface area contributed by atoms with Gasteiger partial charge in [-0.3, -0.25) is 9.59 Å². The van der Waals surface area contributed by atoms with E-state index in [-0.39, 0.29) is 17.7 Å². The molecule has 1 aliphatic heterocycles. The number of nitrogens with one attached hydrogen (secondary N) is 1. The number of anilines is 1. The lowest BCUT2D eigenvalue weighted by Gasteiger charge is -2.30. The fourth-order valence-corrected chi connectivity index (χ4v) is 3.40. The van der Waals surface area contributed by atoms with Gasteiger partial charge in [0, 0.05) is 24.4 Å². The molecule has 0 spiro atoms. The number of carbonyl (C=O) groups excluding carboxylic acids is 3. The molecule has 2 amide bonds. The van der Waals surface area contributed by atoms with E-state index in [1.165, 1.54) is 13.2 Å². The van der Waals surface area contributed by atoms with Crippen molar-refractivity contribution in [3.05, 3.63) is 54.6 Å². The molecule has 0 atom stereocenters. The molecule has 0 unspecified atom stereocenters. The first-order chi connectivity index (χ1) is 13.0. The fourth-order valence-electron chi connectivity index (χ4n) is 3.40. The lowest BCUT2D eigenvalue weighted by atomic mass is 9.95. The Labute approximate surface area is 157 Å². The second-order valence-corrected chi connectivity index (χ2v) is 6.49. The predicted octanol–water partition coefficient (Wildman–Crippen LogP) is 2.99. The Bertz CT molecular complexity index is 898. The number of benzene rings is 2. The van der Waals surface area contributed by atoms with Crippen molar-refractivity contribution < 1.29 is 19.1 Å². The molecular weight excluding hydrogens is 344 g/mol. The minimum absolute atomic E-state index is 0.115. The first-order valence-corrected chi connectivity index (χ1v) is 8.87. The summed E-state index contributed by atoms with van der Waals surface area (Å²) >= 11 is 0. The second-order valence-electron chi connectivity index (χ2n) is 6.49. The number of fused-ring (bicyclic) bond motifs is 1. The van der Waals surface area contributed by atoms with Crippen LogP contribution in [0.15, 0.2) is 49.1 Å². The molecule has 0 aromatic heterocycles. The topological polar surface area (TPSA) is 75.7 Å². The van der Waals surface area contributed by atoms with Crippen molar-refractivity contribution in [2.45, 2.75) is 12.8 Å². The van der Waals surface area contributed by atoms with Crippen molar-refractivity contribution in [3.63, 3.8) is 0 Å². The highest BCUT2D eigenvalue weighted by Crippen LogP contribution is 2.29. The van der Waals surface area contributed by atoms with Crippen LogP contribution in [0.1, 0.15) is 23.2 Å². The summed E-state index contributed by atoms with van der Waals surface area (Å²) < 4.78 is 4.86. The summed E-state index contributed by atoms with van der Waals surface area (Å²) in [5.74, 6) is -0.983. The van der Waals surface area contributed by atoms with Gasteiger partial charge in [0.25, 0.3) is 0 Å². The van der Waals surface area contributed by atoms with E-state index in [0.717, 1.165) is 10.8 Å². The highest BCUT2D eigenvalue weighted by atomic mass is 16.5. The highest BCUT2D eigenvalue weighted by Gasteiger charge is 2.28. The van der Waals surface area contributed by atoms with Gasteiger partial charge >= 0.3 is 5.97 Å². The highest BCUT2D eigenvalue weighted by molar-refractivity contribution is 6.11. The molecule has 1 N–H and O–H groups in total. The van der Waals surface area contributed by atoms with Gasteiger partial charge in [-0.2, -0.15) is 0 Å². The molecule has 0 aliphatic carbocycles. The maximum absolute atomic E-state index is 12.8. The van der Waals surface area contributed by atoms with E-state index >= 15 is 0 Å². The number of nitrogens with zero attached hydrogens (tertiary/aromatic N) is 1. The molecule has 2 aromatic rings. The average Bonchev–Trinajstić information content (AvgIpc) is 2.72. The molecule has 3 rings (SSSR count). The smallest absolute Gasteiger partial charge is 0.339 e. The predicted molar refractivity (Wildman–Crippen MR) is 103 cm³/mol. The zero-order chi connectivity index (χ0) is 19.4. The third-order valence-electron chi connectivity index (χ3n) is 4.93. The summed E-state index contributed by atoms with van der Waals surface area (Å²) in [5.41, 5.74) is 0.790. The van der Waals surface area contributed by atoms with Crippen LogP contribution in [0.4, 0.5) is 5.69 Å². The number of likely N-dealkylation sites (tertiary alicyclic amines) is 1. The number of ether oxygens (including phenoxy) is 1. The average molecular weight is 366 g/mol. The van der Waals surface area contributed by atoms with Crippen molar-refractivity contribution in [1.29, 1.82) is 0 Å². The molecule has 2 aromatic carbocycles. The van der Waals surface area contributed by atoms with Crippen molar-refractivity contribution in [2.75, 3.05) is 25.5 Å². The number of esters is 1. The Balaban J connectivity index is 1.83. The Hall–Kier alpha value is -3.15. The Morgan fingerprint density at radius 3 is 2.52 bits per heavy atom. The first-order valence-electron chi connectivity index (χ1n) is 8.87. The van der Waals surface area contributed by atoms with Crippen LogP contribution < -0.4 is 5.32 Å². The Morgan fingerprint density at radius 1 is 1.15 bits per heavy atom. The Morgan fingerprint density at radius 2 is 1.85 bits per heavy atom. The van der Waals surface area contributed by atoms with E-state index in [2.05, 4.69) is 11.9 Å². The van der Waals surface area contributed by atoms with E-state index in [4.69, 9.17) is 4.74 Å². The molecule has 140 valence electrons. The molecule has 1 heterocycles. The van der Waals surface area contributed by atoms with E-state index in [9.17, 15) is 14.4 Å². The zero-order valence-electron chi connectivity index (χ0n) is 15.2. The molecule has 27 heavy (non-hydrogen) atoms. The van der Waals surface area contributed by atoms with Gasteiger partial charge in [-0.15, -0.1) is 0 Å². The first kappa shape index (κ1) is 18.6. The van der Waals surface area contributed by atoms with Crippen LogP contribution in [-0.2, 0) is 14.3 Å². The molecule has 0 bridgehead atoms. The summed E-state index contributed by atoms with van der Waals surface area (Å²) in [7, 11) is 1.31. The number of rotatable bonds is 4. The van der Waals surface area contributed by atoms with Crippen LogP contribution in [0.5, 0.6) is 0 Å². The maximum Gasteiger partial charge on any atom is 0.339 e. The van der Waals surface area contributed by atoms with Gasteiger partial charge in [0.2, 0.25) is 11.8 Å². The van der Waals surface area contributed by atoms with Crippen LogP contribution in [0.2, 0.25) is 0 Å². The number of hydrogen-bond donors (Lipinski definition) is 1. The van der Waals surface area contributed by atoms with Gasteiger partial charge in [-0.1, -0.05) is 36.9 Å². The van der Waals surface area contributed by atoms with Crippen molar-refractivity contribution >= 4 is 34.2 Å². The van der Waals surface area contributed by atoms with Crippen LogP contribution >= 0.6 is 0 Å². The van der Waals surface area contributed by atoms with Crippen molar-refractivity contribution in [3.8, 4) is 0 Å². The molecular formula is C21H22N2O4. The van der Waals surface area contributed by atoms with E-state index in [1.807, 2.05) is 30.3 Å². The molecule has 0 radical (unpaired) electrons. The number of carbonyl (C=O) groups is 3. The van der Waals surface area contributed by atoms with E-state index in [0.29, 0.717) is 37.2 Å². The van der Waals surface area contributed by atoms with Gasteiger partial charge in [-0.25, -0.2) is 4.79 Å². The van der Waals surface area contributed by atoms with Gasteiger partial charge in [0.05, 0.1) is 18.4 Å². The second kappa shape index (κ2) is 8.03. The summed E-state index contributed by atoms with van der Waals surface area (Å²) in [4.78, 5) is 38.4. The maximum atomic E-state index is 12.8. The van der Waals surface area contributed by atoms with Crippen LogP contribution in [0.3, 0.4) is 0 Å². The van der Waals surface area contributed by atoms with Gasteiger partial charge in [0.1, 0.15) is 0 Å². The summed E-state index contributed by atoms with van der Waals surface area (Å²) in [6.45, 7) is 4.53. The minimum atomic E-state index is -0.498. The quantitative estimate of drug-likeness (QED) is 0.667. The van der Waals surface area contributed by atoms with Crippen molar-refractivity contribution in [2.24, 2.45) is 5.92 Å². The lowest BCUT2D eigenvalue weighted by molar-refractivity contribution is -0.130. The molecule has 1 aliphatic rings. The Kier molecular flexibility index (Phi) is 5.54. The number of piperidine rings is 1. The third-order valence-corrected chi connectivity index (χ3v) is 4.93. The third kappa shape index (κ3) is 3.84. The molecule has 6 nitrogen and oxygen atoms in total. The van der Waals surface area contributed by atoms with Crippen LogP contribution in [0, 0.1) is 5.92 Å². The normalized spacial score (nSPS) is 14.6. The summed E-state index contributed by atoms with van der Waals surface area (Å²) in [6.07, 6.45) is 2.44. The monoisotopic (exact) mass is 366 g/mol. The number of hydrogen-bond acceptors (Lipinski definition) is 4. The number of amides is 2. The summed E-state index contributed by atoms with van der Waals surface area (Å²) in [5, 5.41) is 4.64. The lowest BCUT2D eigenvalue weighted by Crippen LogP contribution is -2.40. The van der Waals surface area contributed by atoms with Gasteiger partial charge in [-0.05, 0) is 30.4 Å². The largest absolute Gasteiger partial charge is 0.465 e. The molecule has 1 saturated heterocycles. The van der Waals surface area contributed by atoms with E-state index in [1.54, 1.807) is 11.0 Å². The molecule has 6 heteroatoms. The molecule has 1 fully saturated rings. The fraction of sp³-hybridized carbons (Fsp3) is 0.286. The van der Waals surface area contributed by atoms with Crippen LogP contribution in [-0.4, -0.2) is 42.9 Å². The van der Waals surface area contributed by atoms with Gasteiger partial charge < -0.3 is 15.0 Å². The van der Waals surface area contributed by atoms with E-state index < -0.39 is 5.97 Å².